The van der Waals surface area contributed by atoms with Crippen LogP contribution in [0, 0.1) is 0 Å². The minimum atomic E-state index is -0.428. The Balaban J connectivity index is 1.90. The fourth-order valence-electron chi connectivity index (χ4n) is 2.49. The SMILES string of the molecule is CC[C@@H](C)NC(=O)COC(=O)c1ccc2c(c1)CCCC2. The Morgan fingerprint density at radius 1 is 1.24 bits per heavy atom. The molecule has 1 aliphatic carbocycles. The van der Waals surface area contributed by atoms with Crippen molar-refractivity contribution in [2.75, 3.05) is 6.61 Å². The lowest BCUT2D eigenvalue weighted by Gasteiger charge is -2.16. The van der Waals surface area contributed by atoms with Gasteiger partial charge in [0.25, 0.3) is 5.91 Å². The molecule has 114 valence electrons. The molecule has 0 heterocycles. The van der Waals surface area contributed by atoms with Crippen LogP contribution in [0.4, 0.5) is 0 Å². The second-order valence-electron chi connectivity index (χ2n) is 5.64. The lowest BCUT2D eigenvalue weighted by molar-refractivity contribution is -0.124. The first-order valence-corrected chi connectivity index (χ1v) is 7.68. The predicted molar refractivity (Wildman–Crippen MR) is 81.3 cm³/mol. The van der Waals surface area contributed by atoms with E-state index in [0.29, 0.717) is 5.56 Å². The first kappa shape index (κ1) is 15.5. The van der Waals surface area contributed by atoms with Gasteiger partial charge in [0.15, 0.2) is 6.61 Å². The number of rotatable bonds is 5. The molecule has 1 aliphatic rings. The molecule has 4 nitrogen and oxygen atoms in total. The number of ether oxygens (including phenoxy) is 1. The minimum absolute atomic E-state index is 0.0972. The molecule has 0 fully saturated rings. The third-order valence-corrected chi connectivity index (χ3v) is 3.94. The van der Waals surface area contributed by atoms with Gasteiger partial charge in [0.05, 0.1) is 5.56 Å². The number of amides is 1. The third-order valence-electron chi connectivity index (χ3n) is 3.94. The largest absolute Gasteiger partial charge is 0.452 e. The van der Waals surface area contributed by atoms with Gasteiger partial charge in [0.1, 0.15) is 0 Å². The van der Waals surface area contributed by atoms with Crippen molar-refractivity contribution in [1.82, 2.24) is 5.32 Å². The fourth-order valence-corrected chi connectivity index (χ4v) is 2.49. The van der Waals surface area contributed by atoms with Crippen molar-refractivity contribution in [3.8, 4) is 0 Å². The number of hydrogen-bond donors (Lipinski definition) is 1. The Hall–Kier alpha value is -1.84. The summed E-state index contributed by atoms with van der Waals surface area (Å²) in [5.41, 5.74) is 3.10. The summed E-state index contributed by atoms with van der Waals surface area (Å²) in [5, 5.41) is 2.77. The molecule has 1 aromatic rings. The molecule has 0 bridgehead atoms. The van der Waals surface area contributed by atoms with Gasteiger partial charge in [-0.15, -0.1) is 0 Å². The van der Waals surface area contributed by atoms with Crippen molar-refractivity contribution >= 4 is 11.9 Å². The Morgan fingerprint density at radius 3 is 2.67 bits per heavy atom. The fraction of sp³-hybridized carbons (Fsp3) is 0.529. The zero-order valence-corrected chi connectivity index (χ0v) is 12.8. The van der Waals surface area contributed by atoms with E-state index in [1.54, 1.807) is 6.07 Å². The van der Waals surface area contributed by atoms with E-state index < -0.39 is 5.97 Å². The summed E-state index contributed by atoms with van der Waals surface area (Å²) in [6.07, 6.45) is 5.34. The Labute approximate surface area is 125 Å². The molecule has 4 heteroatoms. The van der Waals surface area contributed by atoms with Crippen LogP contribution in [0.3, 0.4) is 0 Å². The molecule has 1 atom stereocenters. The summed E-state index contributed by atoms with van der Waals surface area (Å²) >= 11 is 0. The van der Waals surface area contributed by atoms with E-state index in [-0.39, 0.29) is 18.6 Å². The first-order valence-electron chi connectivity index (χ1n) is 7.68. The Morgan fingerprint density at radius 2 is 1.95 bits per heavy atom. The molecule has 1 aromatic carbocycles. The molecule has 21 heavy (non-hydrogen) atoms. The normalized spacial score (nSPS) is 15.0. The molecule has 0 radical (unpaired) electrons. The second-order valence-corrected chi connectivity index (χ2v) is 5.64. The number of aryl methyl sites for hydroxylation is 2. The molecule has 0 saturated heterocycles. The number of carbonyl (C=O) groups is 2. The van der Waals surface area contributed by atoms with E-state index in [1.807, 2.05) is 26.0 Å². The molecule has 0 saturated carbocycles. The lowest BCUT2D eigenvalue weighted by atomic mass is 9.90. The van der Waals surface area contributed by atoms with Gasteiger partial charge >= 0.3 is 5.97 Å². The van der Waals surface area contributed by atoms with Crippen LogP contribution in [0.25, 0.3) is 0 Å². The number of benzene rings is 1. The van der Waals surface area contributed by atoms with Crippen molar-refractivity contribution in [3.05, 3.63) is 34.9 Å². The zero-order chi connectivity index (χ0) is 15.2. The van der Waals surface area contributed by atoms with Crippen LogP contribution >= 0.6 is 0 Å². The van der Waals surface area contributed by atoms with Crippen LogP contribution in [0.1, 0.15) is 54.6 Å². The van der Waals surface area contributed by atoms with Gasteiger partial charge in [-0.3, -0.25) is 4.79 Å². The average molecular weight is 289 g/mol. The molecule has 0 spiro atoms. The van der Waals surface area contributed by atoms with Crippen LogP contribution in [-0.4, -0.2) is 24.5 Å². The molecule has 1 N–H and O–H groups in total. The summed E-state index contributed by atoms with van der Waals surface area (Å²) in [7, 11) is 0. The van der Waals surface area contributed by atoms with Crippen molar-refractivity contribution < 1.29 is 14.3 Å². The third kappa shape index (κ3) is 4.31. The monoisotopic (exact) mass is 289 g/mol. The Bertz CT molecular complexity index is 525. The molecule has 0 aromatic heterocycles. The average Bonchev–Trinajstić information content (AvgIpc) is 2.51. The summed E-state index contributed by atoms with van der Waals surface area (Å²) in [4.78, 5) is 23.6. The maximum absolute atomic E-state index is 12.0. The van der Waals surface area contributed by atoms with Gasteiger partial charge in [0, 0.05) is 6.04 Å². The number of hydrogen-bond acceptors (Lipinski definition) is 3. The van der Waals surface area contributed by atoms with Crippen molar-refractivity contribution in [2.45, 2.75) is 52.0 Å². The van der Waals surface area contributed by atoms with E-state index in [1.165, 1.54) is 24.0 Å². The van der Waals surface area contributed by atoms with E-state index >= 15 is 0 Å². The van der Waals surface area contributed by atoms with Gasteiger partial charge < -0.3 is 10.1 Å². The number of fused-ring (bicyclic) bond motifs is 1. The van der Waals surface area contributed by atoms with Crippen LogP contribution < -0.4 is 5.32 Å². The quantitative estimate of drug-likeness (QED) is 0.848. The highest BCUT2D eigenvalue weighted by atomic mass is 16.5. The van der Waals surface area contributed by atoms with Crippen LogP contribution in [0.15, 0.2) is 18.2 Å². The van der Waals surface area contributed by atoms with Crippen LogP contribution in [-0.2, 0) is 22.4 Å². The predicted octanol–water partition coefficient (Wildman–Crippen LogP) is 2.64. The number of esters is 1. The smallest absolute Gasteiger partial charge is 0.338 e. The summed E-state index contributed by atoms with van der Waals surface area (Å²) in [6, 6.07) is 5.80. The van der Waals surface area contributed by atoms with Gasteiger partial charge in [-0.25, -0.2) is 4.79 Å². The van der Waals surface area contributed by atoms with Gasteiger partial charge in [0.2, 0.25) is 0 Å². The first-order chi connectivity index (χ1) is 10.1. The second kappa shape index (κ2) is 7.25. The van der Waals surface area contributed by atoms with Crippen molar-refractivity contribution in [1.29, 1.82) is 0 Å². The molecule has 1 amide bonds. The van der Waals surface area contributed by atoms with Gasteiger partial charge in [-0.05, 0) is 62.3 Å². The van der Waals surface area contributed by atoms with Crippen LogP contribution in [0.5, 0.6) is 0 Å². The van der Waals surface area contributed by atoms with Crippen molar-refractivity contribution in [3.63, 3.8) is 0 Å². The van der Waals surface area contributed by atoms with E-state index in [2.05, 4.69) is 5.32 Å². The summed E-state index contributed by atoms with van der Waals surface area (Å²) in [6.45, 7) is 3.69. The van der Waals surface area contributed by atoms with Crippen LogP contribution in [0.2, 0.25) is 0 Å². The summed E-state index contributed by atoms with van der Waals surface area (Å²) < 4.78 is 5.08. The molecule has 0 unspecified atom stereocenters. The molecule has 2 rings (SSSR count). The maximum Gasteiger partial charge on any atom is 0.338 e. The molecule has 0 aliphatic heterocycles. The van der Waals surface area contributed by atoms with E-state index in [0.717, 1.165) is 19.3 Å². The lowest BCUT2D eigenvalue weighted by Crippen LogP contribution is -2.35. The highest BCUT2D eigenvalue weighted by Crippen LogP contribution is 2.22. The summed E-state index contributed by atoms with van der Waals surface area (Å²) in [5.74, 6) is -0.682. The maximum atomic E-state index is 12.0. The van der Waals surface area contributed by atoms with E-state index in [4.69, 9.17) is 4.74 Å². The van der Waals surface area contributed by atoms with Crippen molar-refractivity contribution in [2.24, 2.45) is 0 Å². The highest BCUT2D eigenvalue weighted by molar-refractivity contribution is 5.91. The van der Waals surface area contributed by atoms with Gasteiger partial charge in [-0.1, -0.05) is 13.0 Å². The van der Waals surface area contributed by atoms with Gasteiger partial charge in [-0.2, -0.15) is 0 Å². The minimum Gasteiger partial charge on any atom is -0.452 e. The number of nitrogens with one attached hydrogen (secondary N) is 1. The zero-order valence-electron chi connectivity index (χ0n) is 12.8. The highest BCUT2D eigenvalue weighted by Gasteiger charge is 2.15. The standard InChI is InChI=1S/C17H23NO3/c1-3-12(2)18-16(19)11-21-17(20)15-9-8-13-6-4-5-7-14(13)10-15/h8-10,12H,3-7,11H2,1-2H3,(H,18,19)/t12-/m1/s1. The Kier molecular flexibility index (Phi) is 5.37. The molecular formula is C17H23NO3. The topological polar surface area (TPSA) is 55.4 Å². The van der Waals surface area contributed by atoms with E-state index in [9.17, 15) is 9.59 Å². The number of carbonyl (C=O) groups excluding carboxylic acids is 2. The molecular weight excluding hydrogens is 266 g/mol.